The largest absolute Gasteiger partial charge is 0.336 e. The lowest BCUT2D eigenvalue weighted by atomic mass is 10.3. The first-order valence-electron chi connectivity index (χ1n) is 5.08. The van der Waals surface area contributed by atoms with Crippen molar-refractivity contribution in [1.82, 2.24) is 10.2 Å². The van der Waals surface area contributed by atoms with Gasteiger partial charge in [-0.05, 0) is 13.0 Å². The Bertz CT molecular complexity index is 189. The number of hydrogen-bond acceptors (Lipinski definition) is 3. The summed E-state index contributed by atoms with van der Waals surface area (Å²) in [6.45, 7) is 5.43. The van der Waals surface area contributed by atoms with Gasteiger partial charge in [-0.3, -0.25) is 0 Å². The molecule has 5 heteroatoms. The third-order valence-corrected chi connectivity index (χ3v) is 3.50. The molecule has 1 rings (SSSR count). The molecule has 1 fully saturated rings. The van der Waals surface area contributed by atoms with E-state index in [9.17, 15) is 4.79 Å². The lowest BCUT2D eigenvalue weighted by Gasteiger charge is -2.15. The minimum Gasteiger partial charge on any atom is -0.336 e. The Morgan fingerprint density at radius 3 is 3.07 bits per heavy atom. The summed E-state index contributed by atoms with van der Waals surface area (Å²) in [4.78, 5) is 13.0. The molecule has 14 heavy (non-hydrogen) atoms. The lowest BCUT2D eigenvalue weighted by molar-refractivity contribution is 0.220. The van der Waals surface area contributed by atoms with Crippen molar-refractivity contribution >= 4 is 17.8 Å². The van der Waals surface area contributed by atoms with Crippen molar-refractivity contribution in [2.75, 3.05) is 31.9 Å². The number of thioether (sulfide) groups is 1. The van der Waals surface area contributed by atoms with Gasteiger partial charge in [-0.15, -0.1) is 0 Å². The van der Waals surface area contributed by atoms with Gasteiger partial charge in [0.15, 0.2) is 0 Å². The van der Waals surface area contributed by atoms with Gasteiger partial charge in [0, 0.05) is 30.6 Å². The number of amides is 2. The van der Waals surface area contributed by atoms with Gasteiger partial charge >= 0.3 is 6.03 Å². The number of nitrogens with zero attached hydrogens (tertiary/aromatic N) is 1. The number of nitrogens with two attached hydrogens (primary N) is 1. The Hall–Kier alpha value is -0.420. The van der Waals surface area contributed by atoms with Crippen molar-refractivity contribution < 1.29 is 4.79 Å². The molecule has 2 amide bonds. The summed E-state index contributed by atoms with van der Waals surface area (Å²) < 4.78 is 0. The summed E-state index contributed by atoms with van der Waals surface area (Å²) in [5.74, 6) is 1.01. The second kappa shape index (κ2) is 6.14. The van der Waals surface area contributed by atoms with E-state index in [-0.39, 0.29) is 6.03 Å². The summed E-state index contributed by atoms with van der Waals surface area (Å²) in [5.41, 5.74) is 5.46. The molecular formula is C9H19N3OS. The molecule has 1 heterocycles. The molecule has 1 saturated heterocycles. The van der Waals surface area contributed by atoms with Gasteiger partial charge < -0.3 is 16.0 Å². The molecule has 4 nitrogen and oxygen atoms in total. The van der Waals surface area contributed by atoms with E-state index in [1.54, 1.807) is 0 Å². The highest BCUT2D eigenvalue weighted by Gasteiger charge is 2.18. The Morgan fingerprint density at radius 2 is 2.50 bits per heavy atom. The highest BCUT2D eigenvalue weighted by atomic mass is 32.2. The van der Waals surface area contributed by atoms with Gasteiger partial charge in [-0.1, -0.05) is 6.92 Å². The molecule has 3 N–H and O–H groups in total. The minimum absolute atomic E-state index is 0.0806. The number of rotatable bonds is 6. The second-order valence-electron chi connectivity index (χ2n) is 3.48. The molecular weight excluding hydrogens is 198 g/mol. The van der Waals surface area contributed by atoms with E-state index in [1.807, 2.05) is 16.7 Å². The predicted octanol–water partition coefficient (Wildman–Crippen LogP) is 0.482. The standard InChI is InChI=1S/C9H19N3OS/c1-8(2-3-10)14-7-6-12-5-4-11-9(12)13/h8H,2-7,10H2,1H3,(H,11,13). The predicted molar refractivity (Wildman–Crippen MR) is 60.6 cm³/mol. The van der Waals surface area contributed by atoms with E-state index in [1.165, 1.54) is 0 Å². The van der Waals surface area contributed by atoms with Crippen LogP contribution in [0.5, 0.6) is 0 Å². The van der Waals surface area contributed by atoms with Crippen LogP contribution in [-0.4, -0.2) is 48.1 Å². The van der Waals surface area contributed by atoms with E-state index < -0.39 is 0 Å². The van der Waals surface area contributed by atoms with Crippen LogP contribution < -0.4 is 11.1 Å². The Morgan fingerprint density at radius 1 is 1.71 bits per heavy atom. The van der Waals surface area contributed by atoms with Gasteiger partial charge in [-0.25, -0.2) is 4.79 Å². The molecule has 0 spiro atoms. The summed E-state index contributed by atoms with van der Waals surface area (Å²) >= 11 is 1.89. The quantitative estimate of drug-likeness (QED) is 0.680. The van der Waals surface area contributed by atoms with E-state index in [4.69, 9.17) is 5.73 Å². The van der Waals surface area contributed by atoms with E-state index in [0.717, 1.165) is 38.4 Å². The lowest BCUT2D eigenvalue weighted by Crippen LogP contribution is -2.30. The summed E-state index contributed by atoms with van der Waals surface area (Å²) in [6, 6.07) is 0.0806. The van der Waals surface area contributed by atoms with Crippen LogP contribution in [0.4, 0.5) is 4.79 Å². The van der Waals surface area contributed by atoms with Crippen LogP contribution in [0, 0.1) is 0 Å². The van der Waals surface area contributed by atoms with Crippen LogP contribution in [-0.2, 0) is 0 Å². The average molecular weight is 217 g/mol. The molecule has 1 atom stereocenters. The Labute approximate surface area is 89.6 Å². The maximum Gasteiger partial charge on any atom is 0.317 e. The zero-order chi connectivity index (χ0) is 10.4. The van der Waals surface area contributed by atoms with Gasteiger partial charge in [-0.2, -0.15) is 11.8 Å². The van der Waals surface area contributed by atoms with Crippen LogP contribution in [0.3, 0.4) is 0 Å². The molecule has 1 aliphatic rings. The second-order valence-corrected chi connectivity index (χ2v) is 5.02. The fourth-order valence-electron chi connectivity index (χ4n) is 1.41. The van der Waals surface area contributed by atoms with Crippen LogP contribution in [0.25, 0.3) is 0 Å². The first-order chi connectivity index (χ1) is 6.74. The van der Waals surface area contributed by atoms with Gasteiger partial charge in [0.25, 0.3) is 0 Å². The Kier molecular flexibility index (Phi) is 5.11. The third kappa shape index (κ3) is 3.75. The number of carbonyl (C=O) groups is 1. The summed E-state index contributed by atoms with van der Waals surface area (Å²) in [6.07, 6.45) is 1.05. The molecule has 0 saturated carbocycles. The van der Waals surface area contributed by atoms with Crippen LogP contribution in [0.15, 0.2) is 0 Å². The molecule has 1 aliphatic heterocycles. The topological polar surface area (TPSA) is 58.4 Å². The molecule has 0 aromatic heterocycles. The summed E-state index contributed by atoms with van der Waals surface area (Å²) in [5, 5.41) is 3.39. The first-order valence-corrected chi connectivity index (χ1v) is 6.13. The molecule has 0 bridgehead atoms. The van der Waals surface area contributed by atoms with Gasteiger partial charge in [0.1, 0.15) is 0 Å². The zero-order valence-electron chi connectivity index (χ0n) is 8.66. The molecule has 0 radical (unpaired) electrons. The number of nitrogens with one attached hydrogen (secondary N) is 1. The first kappa shape index (κ1) is 11.7. The van der Waals surface area contributed by atoms with Crippen molar-refractivity contribution in [2.45, 2.75) is 18.6 Å². The third-order valence-electron chi connectivity index (χ3n) is 2.28. The van der Waals surface area contributed by atoms with Crippen molar-refractivity contribution in [2.24, 2.45) is 5.73 Å². The van der Waals surface area contributed by atoms with Crippen molar-refractivity contribution in [3.63, 3.8) is 0 Å². The van der Waals surface area contributed by atoms with Crippen molar-refractivity contribution in [3.8, 4) is 0 Å². The van der Waals surface area contributed by atoms with E-state index in [2.05, 4.69) is 12.2 Å². The summed E-state index contributed by atoms with van der Waals surface area (Å²) in [7, 11) is 0. The van der Waals surface area contributed by atoms with Gasteiger partial charge in [0.05, 0.1) is 0 Å². The monoisotopic (exact) mass is 217 g/mol. The van der Waals surface area contributed by atoms with Crippen LogP contribution in [0.2, 0.25) is 0 Å². The fraction of sp³-hybridized carbons (Fsp3) is 0.889. The highest BCUT2D eigenvalue weighted by Crippen LogP contribution is 2.13. The van der Waals surface area contributed by atoms with Crippen molar-refractivity contribution in [3.05, 3.63) is 0 Å². The molecule has 82 valence electrons. The number of carbonyl (C=O) groups excluding carboxylic acids is 1. The van der Waals surface area contributed by atoms with Crippen LogP contribution >= 0.6 is 11.8 Å². The maximum absolute atomic E-state index is 11.2. The minimum atomic E-state index is 0.0806. The van der Waals surface area contributed by atoms with E-state index in [0.29, 0.717) is 5.25 Å². The Balaban J connectivity index is 2.05. The number of urea groups is 1. The SMILES string of the molecule is CC(CCN)SCCN1CCNC1=O. The van der Waals surface area contributed by atoms with E-state index >= 15 is 0 Å². The molecule has 1 unspecified atom stereocenters. The molecule has 0 aromatic carbocycles. The van der Waals surface area contributed by atoms with Crippen LogP contribution in [0.1, 0.15) is 13.3 Å². The zero-order valence-corrected chi connectivity index (χ0v) is 9.48. The highest BCUT2D eigenvalue weighted by molar-refractivity contribution is 7.99. The fourth-order valence-corrected chi connectivity index (χ4v) is 2.44. The normalized spacial score (nSPS) is 18.4. The molecule has 0 aromatic rings. The smallest absolute Gasteiger partial charge is 0.317 e. The maximum atomic E-state index is 11.2. The van der Waals surface area contributed by atoms with Crippen molar-refractivity contribution in [1.29, 1.82) is 0 Å². The number of hydrogen-bond donors (Lipinski definition) is 2. The average Bonchev–Trinajstić information content (AvgIpc) is 2.52. The molecule has 0 aliphatic carbocycles. The van der Waals surface area contributed by atoms with Gasteiger partial charge in [0.2, 0.25) is 0 Å².